The Morgan fingerprint density at radius 1 is 0.558 bits per heavy atom. The maximum atomic E-state index is 16.0. The van der Waals surface area contributed by atoms with E-state index in [1.807, 2.05) is 23.1 Å². The molecule has 0 saturated carbocycles. The number of H-pyrrole nitrogens is 1. The second-order valence-corrected chi connectivity index (χ2v) is 37.6. The second-order valence-electron chi connectivity index (χ2n) is 37.6. The number of carboxylic acids is 2. The molecule has 5 heterocycles. The third-order valence-corrected chi connectivity index (χ3v) is 26.3. The van der Waals surface area contributed by atoms with Crippen molar-refractivity contribution in [3.8, 4) is 28.3 Å². The van der Waals surface area contributed by atoms with E-state index >= 15 is 8.78 Å². The van der Waals surface area contributed by atoms with Crippen LogP contribution in [0.1, 0.15) is 225 Å². The van der Waals surface area contributed by atoms with Crippen LogP contribution in [0.4, 0.5) is 25.0 Å². The van der Waals surface area contributed by atoms with Crippen LogP contribution in [0.15, 0.2) is 85.2 Å². The fraction of sp³-hybridized carbons (Fsp3) is 0.630. The summed E-state index contributed by atoms with van der Waals surface area (Å²) in [6, 6.07) is 19.9. The Hall–Kier alpha value is -10.7. The minimum Gasteiger partial charge on any atom is -0.495 e. The summed E-state index contributed by atoms with van der Waals surface area (Å²) in [5.74, 6) is -6.07. The lowest BCUT2D eigenvalue weighted by atomic mass is 9.71. The van der Waals surface area contributed by atoms with Crippen molar-refractivity contribution in [1.29, 1.82) is 0 Å². The van der Waals surface area contributed by atoms with Gasteiger partial charge in [0.2, 0.25) is 23.6 Å². The number of hydrogen-bond acceptors (Lipinski definition) is 27. The maximum Gasteiger partial charge on any atom is 0.328 e. The van der Waals surface area contributed by atoms with E-state index in [4.69, 9.17) is 71.4 Å². The average Bonchev–Trinajstić information content (AvgIpc) is 1.37. The van der Waals surface area contributed by atoms with Gasteiger partial charge in [0.05, 0.1) is 183 Å². The number of hydrogen-bond donors (Lipinski definition) is 7. The molecule has 39 heteroatoms. The molecule has 1 atom stereocenters. The fourth-order valence-corrected chi connectivity index (χ4v) is 17.7. The van der Waals surface area contributed by atoms with Gasteiger partial charge < -0.3 is 112 Å². The number of carboxylic acid groups (broad SMARTS) is 2. The number of ether oxygens (including phenoxy) is 14. The smallest absolute Gasteiger partial charge is 0.328 e. The zero-order valence-electron chi connectivity index (χ0n) is 86.7. The summed E-state index contributed by atoms with van der Waals surface area (Å²) in [5, 5.41) is 30.0. The van der Waals surface area contributed by atoms with Crippen LogP contribution < -0.4 is 30.9 Å². The minimum absolute atomic E-state index is 0.0159. The van der Waals surface area contributed by atoms with Gasteiger partial charge in [-0.05, 0) is 168 Å². The van der Waals surface area contributed by atoms with E-state index in [0.29, 0.717) is 216 Å². The number of amides is 8. The Kier molecular flexibility index (Phi) is 55.6. The number of esters is 1. The molecule has 3 aliphatic heterocycles. The quantitative estimate of drug-likeness (QED) is 0.0138. The summed E-state index contributed by atoms with van der Waals surface area (Å²) < 4.78 is 109. The molecule has 37 nitrogen and oxygen atoms in total. The van der Waals surface area contributed by atoms with Gasteiger partial charge in [0.1, 0.15) is 47.5 Å². The molecular weight excluding hydrogens is 1910 g/mol. The summed E-state index contributed by atoms with van der Waals surface area (Å²) >= 11 is 0. The number of anilines is 2. The van der Waals surface area contributed by atoms with Crippen molar-refractivity contribution >= 4 is 81.8 Å². The summed E-state index contributed by atoms with van der Waals surface area (Å²) in [6.07, 6.45) is 22.4. The van der Waals surface area contributed by atoms with Gasteiger partial charge in [0.15, 0.2) is 0 Å². The minimum atomic E-state index is -1.39. The molecule has 2 aromatic heterocycles. The van der Waals surface area contributed by atoms with Crippen LogP contribution >= 0.6 is 0 Å². The average molecular weight is 2060 g/mol. The second kappa shape index (κ2) is 68.1. The van der Waals surface area contributed by atoms with Crippen molar-refractivity contribution in [2.24, 2.45) is 5.41 Å². The molecule has 3 saturated heterocycles. The number of piperidine rings is 2. The predicted molar refractivity (Wildman–Crippen MR) is 548 cm³/mol. The third-order valence-electron chi connectivity index (χ3n) is 26.3. The number of nitrogens with zero attached hydrogens (tertiary/aromatic N) is 6. The summed E-state index contributed by atoms with van der Waals surface area (Å²) in [4.78, 5) is 147. The number of fused-ring (bicyclic) bond motifs is 1. The van der Waals surface area contributed by atoms with E-state index in [9.17, 15) is 53.1 Å². The first-order valence-corrected chi connectivity index (χ1v) is 52.4. The van der Waals surface area contributed by atoms with Crippen LogP contribution in [0.3, 0.4) is 0 Å². The maximum absolute atomic E-state index is 16.0. The molecule has 814 valence electrons. The highest BCUT2D eigenvalue weighted by atomic mass is 19.1. The molecule has 0 unspecified atom stereocenters. The number of halogens is 2. The number of aliphatic carboxylic acids is 2. The normalized spacial score (nSPS) is 14.1. The number of urea groups is 1. The van der Waals surface area contributed by atoms with Crippen molar-refractivity contribution in [3.63, 3.8) is 0 Å². The SMILES string of the molecule is CCCCCCCCCCCN(C(=O)CCCCCCCCCC(=O)O)[C@@H](CCC(=O)NCCOCCOCCOCCOCCOCCOCCOCCOCCOCCOCCOCCOCCC(=O)NCC(=O)OC(C)(C)c1ccc(C(=O)Nc2cc(F)cc(-c3ncnc4[nH]c(-c5ccc(CCN6CCC7(CC6)CCN(C(=O)c6ccc(OC)c(N8CCC(=O)NC8=O)c6)CC7)cc5)cc34)c2C)c(F)c1)C(=O)O. The van der Waals surface area contributed by atoms with E-state index in [2.05, 4.69) is 60.2 Å². The zero-order chi connectivity index (χ0) is 105. The standard InChI is InChI=1S/C108H157F2N11O26/c1-6-7-8-9-10-11-15-18-21-42-120(98(125)22-19-16-13-12-14-17-20-23-99(126)127)92(105(131)132)31-33-95(122)111-41-50-136-52-54-138-56-58-140-60-62-142-64-66-144-68-70-146-72-71-145-69-67-143-65-63-141-61-59-139-57-55-137-53-51-135-49-36-96(123)112-78-100(128)147-107(3,4)84-29-30-86(89(110)74-84)103(129)116-90-76-85(109)75-87(80(90)2)101-88-77-91(115-102(88)114-79-113-101)82-26-24-81(25-27-82)34-43-118-45-37-108(38-46-118)39-47-119(48-40-108)104(130)83-28-32-94(134-5)93(73-83)121-44-35-97(124)117-106(121)133/h24-30,32,73-77,79,92H,6-23,31,33-72,78H2,1-5H3,(H,111,122)(H,112,123)(H,116,129)(H,126,127)(H,131,132)(H,113,114,115)(H,117,124,133)/t92-/m0/s1. The van der Waals surface area contributed by atoms with E-state index in [1.165, 1.54) is 79.1 Å². The number of imide groups is 1. The molecule has 0 radical (unpaired) electrons. The topological polar surface area (TPSA) is 443 Å². The molecule has 6 aromatic rings. The fourth-order valence-electron chi connectivity index (χ4n) is 17.7. The van der Waals surface area contributed by atoms with Gasteiger partial charge in [-0.1, -0.05) is 121 Å². The number of carbonyl (C=O) groups is 10. The van der Waals surface area contributed by atoms with Crippen LogP contribution in [0.25, 0.3) is 33.5 Å². The van der Waals surface area contributed by atoms with Gasteiger partial charge in [-0.25, -0.2) is 28.3 Å². The Bertz CT molecular complexity index is 4980. The van der Waals surface area contributed by atoms with Gasteiger partial charge >= 0.3 is 23.9 Å². The first-order chi connectivity index (χ1) is 71.3. The predicted octanol–water partition coefficient (Wildman–Crippen LogP) is 13.9. The number of likely N-dealkylation sites (tertiary alicyclic amines) is 2. The largest absolute Gasteiger partial charge is 0.495 e. The van der Waals surface area contributed by atoms with E-state index in [-0.39, 0.29) is 124 Å². The summed E-state index contributed by atoms with van der Waals surface area (Å²) in [7, 11) is 1.50. The lowest BCUT2D eigenvalue weighted by Gasteiger charge is -2.47. The van der Waals surface area contributed by atoms with Crippen molar-refractivity contribution in [2.45, 2.75) is 213 Å². The van der Waals surface area contributed by atoms with E-state index < -0.39 is 65.6 Å². The molecule has 4 aromatic carbocycles. The van der Waals surface area contributed by atoms with Crippen LogP contribution in [-0.2, 0) is 107 Å². The molecule has 3 aliphatic rings. The number of unbranched alkanes of at least 4 members (excludes halogenated alkanes) is 14. The number of nitrogens with one attached hydrogen (secondary N) is 5. The molecule has 147 heavy (non-hydrogen) atoms. The number of aromatic amines is 1. The van der Waals surface area contributed by atoms with Crippen LogP contribution in [0, 0.1) is 24.0 Å². The molecule has 7 N–H and O–H groups in total. The number of benzene rings is 4. The molecule has 1 spiro atoms. The molecule has 3 fully saturated rings. The van der Waals surface area contributed by atoms with Crippen molar-refractivity contribution < 1.29 is 133 Å². The number of aromatic nitrogens is 3. The number of carbonyl (C=O) groups excluding carboxylic acids is 8. The highest BCUT2D eigenvalue weighted by Crippen LogP contribution is 2.43. The lowest BCUT2D eigenvalue weighted by molar-refractivity contribution is -0.157. The Morgan fingerprint density at radius 3 is 1.62 bits per heavy atom. The van der Waals surface area contributed by atoms with Gasteiger partial charge in [-0.15, -0.1) is 0 Å². The molecule has 8 amide bonds. The van der Waals surface area contributed by atoms with Gasteiger partial charge in [-0.2, -0.15) is 0 Å². The highest BCUT2D eigenvalue weighted by molar-refractivity contribution is 6.08. The molecule has 9 rings (SSSR count). The highest BCUT2D eigenvalue weighted by Gasteiger charge is 2.40. The first-order valence-electron chi connectivity index (χ1n) is 52.4. The third kappa shape index (κ3) is 44.2. The lowest BCUT2D eigenvalue weighted by Crippen LogP contribution is -2.50. The van der Waals surface area contributed by atoms with Crippen LogP contribution in [0.5, 0.6) is 5.75 Å². The van der Waals surface area contributed by atoms with Gasteiger partial charge in [0, 0.05) is 99.3 Å². The molecule has 0 bridgehead atoms. The van der Waals surface area contributed by atoms with Crippen molar-refractivity contribution in [3.05, 3.63) is 125 Å². The number of rotatable bonds is 78. The van der Waals surface area contributed by atoms with E-state index in [1.54, 1.807) is 39.0 Å². The van der Waals surface area contributed by atoms with Gasteiger partial charge in [-0.3, -0.25) is 48.6 Å². The van der Waals surface area contributed by atoms with E-state index in [0.717, 1.165) is 126 Å². The van der Waals surface area contributed by atoms with Crippen LogP contribution in [0.2, 0.25) is 0 Å². The van der Waals surface area contributed by atoms with Gasteiger partial charge in [0.25, 0.3) is 11.8 Å². The summed E-state index contributed by atoms with van der Waals surface area (Å²) in [6.45, 7) is 20.0. The summed E-state index contributed by atoms with van der Waals surface area (Å²) in [5.41, 5.74) is 4.32. The molecular formula is C108H157F2N11O26. The first kappa shape index (κ1) is 120. The van der Waals surface area contributed by atoms with Crippen molar-refractivity contribution in [1.82, 2.24) is 45.6 Å². The monoisotopic (exact) mass is 2060 g/mol. The molecule has 0 aliphatic carbocycles. The Morgan fingerprint density at radius 2 is 1.08 bits per heavy atom. The number of methoxy groups -OCH3 is 1. The van der Waals surface area contributed by atoms with Crippen molar-refractivity contribution in [2.75, 3.05) is 235 Å². The zero-order valence-corrected chi connectivity index (χ0v) is 86.7. The Balaban J connectivity index is 0.512. The Labute approximate surface area is 862 Å². The van der Waals surface area contributed by atoms with Crippen LogP contribution in [-0.4, -0.2) is 330 Å².